The summed E-state index contributed by atoms with van der Waals surface area (Å²) in [6.07, 6.45) is 0. The molecule has 0 aliphatic carbocycles. The van der Waals surface area contributed by atoms with Gasteiger partial charge in [-0.15, -0.1) is 0 Å². The van der Waals surface area contributed by atoms with Crippen LogP contribution in [0.15, 0.2) is 24.3 Å². The van der Waals surface area contributed by atoms with E-state index in [1.54, 1.807) is 44.4 Å². The molecule has 0 saturated heterocycles. The smallest absolute Gasteiger partial charge is 0.225 e. The molecule has 0 fully saturated rings. The molecule has 0 aliphatic rings. The first kappa shape index (κ1) is 13.5. The first-order valence-corrected chi connectivity index (χ1v) is 6.64. The van der Waals surface area contributed by atoms with Crippen molar-refractivity contribution >= 4 is 10.0 Å². The number of hydrogen-bond acceptors (Lipinski definition) is 4. The van der Waals surface area contributed by atoms with Crippen molar-refractivity contribution in [1.82, 2.24) is 4.72 Å². The van der Waals surface area contributed by atoms with E-state index in [2.05, 4.69) is 4.72 Å². The molecule has 1 atom stereocenters. The number of hydrogen-bond donors (Lipinski definition) is 1. The lowest BCUT2D eigenvalue weighted by atomic mass is 10.1. The quantitative estimate of drug-likeness (QED) is 0.856. The van der Waals surface area contributed by atoms with E-state index in [1.807, 2.05) is 0 Å². The van der Waals surface area contributed by atoms with Gasteiger partial charge in [0.05, 0.1) is 13.2 Å². The molecular weight excluding hydrogens is 240 g/mol. The summed E-state index contributed by atoms with van der Waals surface area (Å²) in [5, 5.41) is 8.37. The van der Waals surface area contributed by atoms with Gasteiger partial charge in [0.15, 0.2) is 5.75 Å². The van der Waals surface area contributed by atoms with Crippen LogP contribution in [0.4, 0.5) is 0 Å². The zero-order valence-electron chi connectivity index (χ0n) is 9.67. The third-order valence-corrected chi connectivity index (χ3v) is 3.45. The van der Waals surface area contributed by atoms with E-state index in [1.165, 1.54) is 0 Å². The maximum absolute atomic E-state index is 11.4. The van der Waals surface area contributed by atoms with Gasteiger partial charge in [-0.2, -0.15) is 5.26 Å². The Bertz CT molecular complexity index is 503. The van der Waals surface area contributed by atoms with Crippen molar-refractivity contribution in [2.45, 2.75) is 13.0 Å². The summed E-state index contributed by atoms with van der Waals surface area (Å²) >= 11 is 0. The predicted molar refractivity (Wildman–Crippen MR) is 63.9 cm³/mol. The van der Waals surface area contributed by atoms with E-state index < -0.39 is 15.8 Å². The van der Waals surface area contributed by atoms with Gasteiger partial charge in [-0.3, -0.25) is 0 Å². The SMILES string of the molecule is COc1ccc(C(C)NS(=O)(=O)CC#N)cc1. The second kappa shape index (κ2) is 5.66. The molecule has 0 saturated carbocycles. The van der Waals surface area contributed by atoms with Crippen molar-refractivity contribution in [1.29, 1.82) is 5.26 Å². The van der Waals surface area contributed by atoms with Crippen LogP contribution in [0.1, 0.15) is 18.5 Å². The maximum atomic E-state index is 11.4. The summed E-state index contributed by atoms with van der Waals surface area (Å²) < 4.78 is 30.2. The molecule has 0 bridgehead atoms. The molecule has 0 heterocycles. The highest BCUT2D eigenvalue weighted by molar-refractivity contribution is 7.89. The van der Waals surface area contributed by atoms with E-state index in [0.29, 0.717) is 5.75 Å². The lowest BCUT2D eigenvalue weighted by Crippen LogP contribution is -2.28. The molecule has 0 amide bonds. The number of nitrogens with one attached hydrogen (secondary N) is 1. The molecule has 5 nitrogen and oxygen atoms in total. The Kier molecular flexibility index (Phi) is 4.49. The van der Waals surface area contributed by atoms with Crippen LogP contribution in [-0.2, 0) is 10.0 Å². The molecule has 17 heavy (non-hydrogen) atoms. The first-order chi connectivity index (χ1) is 7.98. The first-order valence-electron chi connectivity index (χ1n) is 4.99. The number of ether oxygens (including phenoxy) is 1. The number of nitriles is 1. The molecule has 1 rings (SSSR count). The highest BCUT2D eigenvalue weighted by Gasteiger charge is 2.15. The minimum absolute atomic E-state index is 0.376. The average molecular weight is 254 g/mol. The summed E-state index contributed by atoms with van der Waals surface area (Å²) in [5.74, 6) is 0.175. The standard InChI is InChI=1S/C11H14N2O3S/c1-9(13-17(14,15)8-7-12)10-3-5-11(16-2)6-4-10/h3-6,9,13H,8H2,1-2H3. The summed E-state index contributed by atoms with van der Waals surface area (Å²) in [6.45, 7) is 1.72. The highest BCUT2D eigenvalue weighted by Crippen LogP contribution is 2.17. The van der Waals surface area contributed by atoms with Gasteiger partial charge in [-0.05, 0) is 24.6 Å². The predicted octanol–water partition coefficient (Wildman–Crippen LogP) is 1.20. The summed E-state index contributed by atoms with van der Waals surface area (Å²) in [4.78, 5) is 0. The van der Waals surface area contributed by atoms with Crippen molar-refractivity contribution in [3.63, 3.8) is 0 Å². The van der Waals surface area contributed by atoms with Gasteiger partial charge in [-0.25, -0.2) is 13.1 Å². The Morgan fingerprint density at radius 1 is 1.41 bits per heavy atom. The van der Waals surface area contributed by atoms with Crippen LogP contribution >= 0.6 is 0 Å². The molecule has 1 aromatic carbocycles. The molecule has 0 aliphatic heterocycles. The minimum Gasteiger partial charge on any atom is -0.497 e. The lowest BCUT2D eigenvalue weighted by molar-refractivity contribution is 0.414. The molecule has 1 N–H and O–H groups in total. The number of benzene rings is 1. The maximum Gasteiger partial charge on any atom is 0.225 e. The molecule has 1 aromatic rings. The van der Waals surface area contributed by atoms with Crippen LogP contribution in [-0.4, -0.2) is 21.3 Å². The van der Waals surface area contributed by atoms with Gasteiger partial charge >= 0.3 is 0 Å². The minimum atomic E-state index is -3.54. The zero-order valence-corrected chi connectivity index (χ0v) is 10.5. The molecule has 1 unspecified atom stereocenters. The summed E-state index contributed by atoms with van der Waals surface area (Å²) in [6, 6.07) is 8.30. The summed E-state index contributed by atoms with van der Waals surface area (Å²) in [7, 11) is -1.97. The zero-order chi connectivity index (χ0) is 12.9. The van der Waals surface area contributed by atoms with E-state index >= 15 is 0 Å². The van der Waals surface area contributed by atoms with Gasteiger partial charge in [0, 0.05) is 6.04 Å². The second-order valence-electron chi connectivity index (χ2n) is 3.53. The number of sulfonamides is 1. The van der Waals surface area contributed by atoms with E-state index in [4.69, 9.17) is 10.00 Å². The average Bonchev–Trinajstić information content (AvgIpc) is 2.28. The Morgan fingerprint density at radius 2 is 2.00 bits per heavy atom. The fraction of sp³-hybridized carbons (Fsp3) is 0.364. The third kappa shape index (κ3) is 4.06. The second-order valence-corrected chi connectivity index (χ2v) is 5.28. The molecule has 0 aromatic heterocycles. The van der Waals surface area contributed by atoms with Crippen LogP contribution in [0.3, 0.4) is 0 Å². The van der Waals surface area contributed by atoms with E-state index in [-0.39, 0.29) is 6.04 Å². The fourth-order valence-corrected chi connectivity index (χ4v) is 2.28. The van der Waals surface area contributed by atoms with Gasteiger partial charge in [0.2, 0.25) is 10.0 Å². The van der Waals surface area contributed by atoms with Gasteiger partial charge in [0.1, 0.15) is 5.75 Å². The Labute approximate surface area is 101 Å². The summed E-state index contributed by atoms with van der Waals surface area (Å²) in [5.41, 5.74) is 0.812. The van der Waals surface area contributed by atoms with Gasteiger partial charge in [-0.1, -0.05) is 12.1 Å². The molecule has 0 radical (unpaired) electrons. The van der Waals surface area contributed by atoms with Gasteiger partial charge < -0.3 is 4.74 Å². The van der Waals surface area contributed by atoms with Crippen molar-refractivity contribution in [3.05, 3.63) is 29.8 Å². The van der Waals surface area contributed by atoms with Crippen molar-refractivity contribution in [3.8, 4) is 11.8 Å². The molecular formula is C11H14N2O3S. The van der Waals surface area contributed by atoms with Crippen LogP contribution in [0, 0.1) is 11.3 Å². The third-order valence-electron chi connectivity index (χ3n) is 2.23. The van der Waals surface area contributed by atoms with Crippen LogP contribution in [0.25, 0.3) is 0 Å². The monoisotopic (exact) mass is 254 g/mol. The Hall–Kier alpha value is -1.58. The number of rotatable bonds is 5. The normalized spacial score (nSPS) is 12.8. The largest absolute Gasteiger partial charge is 0.497 e. The van der Waals surface area contributed by atoms with Crippen molar-refractivity contribution < 1.29 is 13.2 Å². The Balaban J connectivity index is 2.76. The highest BCUT2D eigenvalue weighted by atomic mass is 32.2. The number of methoxy groups -OCH3 is 1. The topological polar surface area (TPSA) is 79.2 Å². The van der Waals surface area contributed by atoms with Crippen LogP contribution in [0.5, 0.6) is 5.75 Å². The van der Waals surface area contributed by atoms with Crippen molar-refractivity contribution in [2.75, 3.05) is 12.9 Å². The fourth-order valence-electron chi connectivity index (χ4n) is 1.36. The van der Waals surface area contributed by atoms with E-state index in [9.17, 15) is 8.42 Å². The van der Waals surface area contributed by atoms with Gasteiger partial charge in [0.25, 0.3) is 0 Å². The Morgan fingerprint density at radius 3 is 2.47 bits per heavy atom. The molecule has 0 spiro atoms. The number of nitrogens with zero attached hydrogens (tertiary/aromatic N) is 1. The van der Waals surface area contributed by atoms with Crippen molar-refractivity contribution in [2.24, 2.45) is 0 Å². The molecule has 6 heteroatoms. The van der Waals surface area contributed by atoms with Crippen LogP contribution in [0.2, 0.25) is 0 Å². The molecule has 92 valence electrons. The van der Waals surface area contributed by atoms with Crippen LogP contribution < -0.4 is 9.46 Å². The lowest BCUT2D eigenvalue weighted by Gasteiger charge is -2.13. The van der Waals surface area contributed by atoms with E-state index in [0.717, 1.165) is 5.56 Å².